The van der Waals surface area contributed by atoms with Crippen molar-refractivity contribution in [3.05, 3.63) is 52.8 Å². The molecule has 0 aliphatic carbocycles. The highest BCUT2D eigenvalue weighted by atomic mass is 35.5. The maximum atomic E-state index is 11.4. The van der Waals surface area contributed by atoms with Crippen LogP contribution < -0.4 is 17.2 Å². The molecule has 25 heavy (non-hydrogen) atoms. The van der Waals surface area contributed by atoms with Gasteiger partial charge < -0.3 is 17.2 Å². The Morgan fingerprint density at radius 3 is 2.40 bits per heavy atom. The van der Waals surface area contributed by atoms with E-state index in [2.05, 4.69) is 15.0 Å². The van der Waals surface area contributed by atoms with Crippen molar-refractivity contribution >= 4 is 29.3 Å². The summed E-state index contributed by atoms with van der Waals surface area (Å²) >= 11 is 6.17. The zero-order chi connectivity index (χ0) is 18.1. The SMILES string of the molecule is Cc1nc(N)nc(-c2ccc(C(N)=O)c(Cl)c2)c1-c1ccc(N)nc1. The first-order chi connectivity index (χ1) is 11.9. The highest BCUT2D eigenvalue weighted by molar-refractivity contribution is 6.34. The second-order valence-electron chi connectivity index (χ2n) is 5.42. The number of hydrogen-bond donors (Lipinski definition) is 3. The van der Waals surface area contributed by atoms with Gasteiger partial charge in [-0.05, 0) is 31.2 Å². The summed E-state index contributed by atoms with van der Waals surface area (Å²) < 4.78 is 0. The van der Waals surface area contributed by atoms with E-state index in [-0.39, 0.29) is 16.5 Å². The van der Waals surface area contributed by atoms with Crippen molar-refractivity contribution in [2.45, 2.75) is 6.92 Å². The predicted octanol–water partition coefficient (Wildman–Crippen LogP) is 2.43. The monoisotopic (exact) mass is 354 g/mol. The van der Waals surface area contributed by atoms with Gasteiger partial charge in [-0.2, -0.15) is 0 Å². The van der Waals surface area contributed by atoms with Gasteiger partial charge in [0.25, 0.3) is 0 Å². The van der Waals surface area contributed by atoms with E-state index in [1.807, 2.05) is 13.0 Å². The minimum absolute atomic E-state index is 0.134. The Balaban J connectivity index is 2.24. The molecule has 0 atom stereocenters. The third-order valence-electron chi connectivity index (χ3n) is 3.69. The van der Waals surface area contributed by atoms with Gasteiger partial charge >= 0.3 is 0 Å². The number of amides is 1. The fraction of sp³-hybridized carbons (Fsp3) is 0.0588. The standard InChI is InChI=1S/C17H15ClN6O/c1-8-14(10-3-5-13(19)22-7-10)15(24-17(21)23-8)9-2-4-11(16(20)25)12(18)6-9/h2-7H,1H3,(H2,19,22)(H2,20,25)(H2,21,23,24). The zero-order valence-electron chi connectivity index (χ0n) is 13.3. The third kappa shape index (κ3) is 3.22. The minimum Gasteiger partial charge on any atom is -0.384 e. The van der Waals surface area contributed by atoms with Gasteiger partial charge in [0.05, 0.1) is 22.0 Å². The zero-order valence-corrected chi connectivity index (χ0v) is 14.1. The summed E-state index contributed by atoms with van der Waals surface area (Å²) in [6.45, 7) is 1.83. The number of aryl methyl sites for hydroxylation is 1. The maximum Gasteiger partial charge on any atom is 0.250 e. The average molecular weight is 355 g/mol. The van der Waals surface area contributed by atoms with Crippen LogP contribution in [0.2, 0.25) is 5.02 Å². The summed E-state index contributed by atoms with van der Waals surface area (Å²) in [6, 6.07) is 8.41. The minimum atomic E-state index is -0.599. The van der Waals surface area contributed by atoms with E-state index in [4.69, 9.17) is 28.8 Å². The Bertz CT molecular complexity index is 972. The Morgan fingerprint density at radius 1 is 1.08 bits per heavy atom. The van der Waals surface area contributed by atoms with Gasteiger partial charge in [-0.15, -0.1) is 0 Å². The molecule has 0 radical (unpaired) electrons. The topological polar surface area (TPSA) is 134 Å². The average Bonchev–Trinajstić information content (AvgIpc) is 2.55. The van der Waals surface area contributed by atoms with Crippen LogP contribution in [-0.2, 0) is 0 Å². The van der Waals surface area contributed by atoms with Gasteiger partial charge in [-0.25, -0.2) is 15.0 Å². The van der Waals surface area contributed by atoms with E-state index in [0.717, 1.165) is 11.1 Å². The predicted molar refractivity (Wildman–Crippen MR) is 97.8 cm³/mol. The van der Waals surface area contributed by atoms with Crippen LogP contribution in [0.25, 0.3) is 22.4 Å². The van der Waals surface area contributed by atoms with Crippen molar-refractivity contribution in [3.8, 4) is 22.4 Å². The lowest BCUT2D eigenvalue weighted by Crippen LogP contribution is -2.11. The molecule has 3 rings (SSSR count). The fourth-order valence-electron chi connectivity index (χ4n) is 2.56. The summed E-state index contributed by atoms with van der Waals surface area (Å²) in [7, 11) is 0. The number of nitrogens with zero attached hydrogens (tertiary/aromatic N) is 3. The van der Waals surface area contributed by atoms with Crippen molar-refractivity contribution in [1.29, 1.82) is 0 Å². The lowest BCUT2D eigenvalue weighted by molar-refractivity contribution is 0.100. The summed E-state index contributed by atoms with van der Waals surface area (Å²) in [5, 5.41) is 0.237. The summed E-state index contributed by atoms with van der Waals surface area (Å²) in [6.07, 6.45) is 1.64. The van der Waals surface area contributed by atoms with E-state index < -0.39 is 5.91 Å². The molecule has 0 aliphatic rings. The van der Waals surface area contributed by atoms with E-state index in [1.54, 1.807) is 30.5 Å². The Labute approximate surface area is 148 Å². The molecule has 0 fully saturated rings. The van der Waals surface area contributed by atoms with Crippen LogP contribution in [0.1, 0.15) is 16.1 Å². The molecule has 3 aromatic rings. The lowest BCUT2D eigenvalue weighted by Gasteiger charge is -2.13. The molecule has 2 aromatic heterocycles. The van der Waals surface area contributed by atoms with Crippen LogP contribution in [0.5, 0.6) is 0 Å². The Hall–Kier alpha value is -3.19. The fourth-order valence-corrected chi connectivity index (χ4v) is 2.84. The van der Waals surface area contributed by atoms with E-state index in [1.165, 1.54) is 0 Å². The normalized spacial score (nSPS) is 10.6. The van der Waals surface area contributed by atoms with Crippen molar-refractivity contribution in [2.24, 2.45) is 5.73 Å². The molecule has 6 N–H and O–H groups in total. The molecule has 126 valence electrons. The number of carbonyl (C=O) groups excluding carboxylic acids is 1. The van der Waals surface area contributed by atoms with Gasteiger partial charge in [-0.1, -0.05) is 17.7 Å². The number of nitrogens with two attached hydrogens (primary N) is 3. The molecule has 0 unspecified atom stereocenters. The van der Waals surface area contributed by atoms with E-state index >= 15 is 0 Å². The first-order valence-corrected chi connectivity index (χ1v) is 7.70. The molecule has 0 saturated heterocycles. The second-order valence-corrected chi connectivity index (χ2v) is 5.83. The molecule has 0 spiro atoms. The number of pyridine rings is 1. The number of nitrogen functional groups attached to an aromatic ring is 2. The summed E-state index contributed by atoms with van der Waals surface area (Å²) in [5.74, 6) is -0.0548. The molecule has 0 aliphatic heterocycles. The molecule has 0 bridgehead atoms. The van der Waals surface area contributed by atoms with Crippen molar-refractivity contribution in [2.75, 3.05) is 11.5 Å². The van der Waals surface area contributed by atoms with Crippen molar-refractivity contribution in [1.82, 2.24) is 15.0 Å². The van der Waals surface area contributed by atoms with Crippen LogP contribution in [-0.4, -0.2) is 20.9 Å². The number of halogens is 1. The number of primary amides is 1. The van der Waals surface area contributed by atoms with Crippen LogP contribution in [0.4, 0.5) is 11.8 Å². The van der Waals surface area contributed by atoms with Gasteiger partial charge in [-0.3, -0.25) is 4.79 Å². The number of benzene rings is 1. The first-order valence-electron chi connectivity index (χ1n) is 7.32. The summed E-state index contributed by atoms with van der Waals surface area (Å²) in [5.41, 5.74) is 20.5. The van der Waals surface area contributed by atoms with Gasteiger partial charge in [0.1, 0.15) is 5.82 Å². The quantitative estimate of drug-likeness (QED) is 0.661. The Kier molecular flexibility index (Phi) is 4.24. The highest BCUT2D eigenvalue weighted by Crippen LogP contribution is 2.34. The van der Waals surface area contributed by atoms with Crippen LogP contribution >= 0.6 is 11.6 Å². The number of rotatable bonds is 3. The Morgan fingerprint density at radius 2 is 1.80 bits per heavy atom. The van der Waals surface area contributed by atoms with Crippen molar-refractivity contribution < 1.29 is 4.79 Å². The number of anilines is 2. The third-order valence-corrected chi connectivity index (χ3v) is 4.00. The van der Waals surface area contributed by atoms with E-state index in [0.29, 0.717) is 22.8 Å². The molecule has 8 heteroatoms. The molecule has 1 amide bonds. The largest absolute Gasteiger partial charge is 0.384 e. The maximum absolute atomic E-state index is 11.4. The van der Waals surface area contributed by atoms with Gasteiger partial charge in [0.2, 0.25) is 11.9 Å². The lowest BCUT2D eigenvalue weighted by atomic mass is 9.98. The molecular formula is C17H15ClN6O. The van der Waals surface area contributed by atoms with Gasteiger partial charge in [0.15, 0.2) is 0 Å². The molecule has 7 nitrogen and oxygen atoms in total. The van der Waals surface area contributed by atoms with Crippen LogP contribution in [0, 0.1) is 6.92 Å². The van der Waals surface area contributed by atoms with Gasteiger partial charge in [0, 0.05) is 22.9 Å². The molecule has 1 aromatic carbocycles. The molecule has 0 saturated carbocycles. The molecular weight excluding hydrogens is 340 g/mol. The molecule has 2 heterocycles. The summed E-state index contributed by atoms with van der Waals surface area (Å²) in [4.78, 5) is 24.1. The number of aromatic nitrogens is 3. The second kappa shape index (κ2) is 6.37. The van der Waals surface area contributed by atoms with E-state index in [9.17, 15) is 4.79 Å². The van der Waals surface area contributed by atoms with Crippen LogP contribution in [0.3, 0.4) is 0 Å². The first kappa shape index (κ1) is 16.7. The van der Waals surface area contributed by atoms with Crippen molar-refractivity contribution in [3.63, 3.8) is 0 Å². The smallest absolute Gasteiger partial charge is 0.250 e. The van der Waals surface area contributed by atoms with Crippen LogP contribution in [0.15, 0.2) is 36.5 Å². The number of carbonyl (C=O) groups is 1. The highest BCUT2D eigenvalue weighted by Gasteiger charge is 2.17. The number of hydrogen-bond acceptors (Lipinski definition) is 6.